The molecule has 182 valence electrons. The second kappa shape index (κ2) is 8.88. The molecule has 0 spiro atoms. The minimum Gasteiger partial charge on any atom is -0.362 e. The number of benzene rings is 1. The van der Waals surface area contributed by atoms with Gasteiger partial charge in [-0.3, -0.25) is 4.79 Å². The van der Waals surface area contributed by atoms with Crippen LogP contribution in [0.2, 0.25) is 5.02 Å². The molecule has 5 rings (SSSR count). The Morgan fingerprint density at radius 3 is 2.69 bits per heavy atom. The van der Waals surface area contributed by atoms with E-state index < -0.39 is 24.2 Å². The molecule has 1 aromatic carbocycles. The minimum atomic E-state index is -4.59. The molecule has 11 heteroatoms. The van der Waals surface area contributed by atoms with Crippen molar-refractivity contribution in [3.05, 3.63) is 62.1 Å². The summed E-state index contributed by atoms with van der Waals surface area (Å²) < 4.78 is 42.8. The maximum absolute atomic E-state index is 14.0. The second-order valence-electron chi connectivity index (χ2n) is 8.84. The third-order valence-corrected chi connectivity index (χ3v) is 8.07. The molecule has 2 aromatic heterocycles. The van der Waals surface area contributed by atoms with E-state index >= 15 is 0 Å². The second-order valence-corrected chi connectivity index (χ2v) is 10.3. The summed E-state index contributed by atoms with van der Waals surface area (Å²) in [6, 6.07) is 6.76. The zero-order chi connectivity index (χ0) is 24.9. The number of hydrogen-bond acceptors (Lipinski definition) is 5. The van der Waals surface area contributed by atoms with E-state index in [1.807, 2.05) is 19.1 Å². The number of aromatic nitrogens is 2. The molecule has 35 heavy (non-hydrogen) atoms. The lowest BCUT2D eigenvalue weighted by atomic mass is 9.96. The third-order valence-electron chi connectivity index (χ3n) is 6.50. The number of hydrogen-bond donors (Lipinski definition) is 2. The number of fused-ring (bicyclic) bond motifs is 2. The van der Waals surface area contributed by atoms with Gasteiger partial charge in [0.1, 0.15) is 21.9 Å². The van der Waals surface area contributed by atoms with Crippen molar-refractivity contribution in [2.75, 3.05) is 10.6 Å². The molecular weight excluding hydrogens is 499 g/mol. The SMILES string of the molecule is Cc1ccc([C@H]2C[C@@H](C(F)(F)F)n3nc(C(=O)Nc4sc5c(c4C#N)CCCC5)c(Cl)c3N2)cc1. The molecule has 1 aliphatic heterocycles. The third kappa shape index (κ3) is 4.28. The molecule has 2 N–H and O–H groups in total. The molecule has 0 saturated carbocycles. The van der Waals surface area contributed by atoms with Gasteiger partial charge in [0.05, 0.1) is 11.6 Å². The maximum atomic E-state index is 14.0. The van der Waals surface area contributed by atoms with E-state index in [2.05, 4.69) is 21.8 Å². The summed E-state index contributed by atoms with van der Waals surface area (Å²) in [7, 11) is 0. The lowest BCUT2D eigenvalue weighted by molar-refractivity contribution is -0.173. The molecule has 0 radical (unpaired) electrons. The first-order chi connectivity index (χ1) is 16.7. The Morgan fingerprint density at radius 1 is 1.29 bits per heavy atom. The summed E-state index contributed by atoms with van der Waals surface area (Å²) in [6.07, 6.45) is -1.31. The highest BCUT2D eigenvalue weighted by molar-refractivity contribution is 7.16. The number of alkyl halides is 3. The van der Waals surface area contributed by atoms with Crippen molar-refractivity contribution < 1.29 is 18.0 Å². The molecular formula is C24H21ClF3N5OS. The van der Waals surface area contributed by atoms with Crippen molar-refractivity contribution in [1.82, 2.24) is 9.78 Å². The van der Waals surface area contributed by atoms with E-state index in [1.54, 1.807) is 12.1 Å². The van der Waals surface area contributed by atoms with Crippen LogP contribution < -0.4 is 10.6 Å². The predicted molar refractivity (Wildman–Crippen MR) is 128 cm³/mol. The molecule has 1 aliphatic carbocycles. The van der Waals surface area contributed by atoms with Gasteiger partial charge in [-0.1, -0.05) is 41.4 Å². The first kappa shape index (κ1) is 23.7. The molecule has 6 nitrogen and oxygen atoms in total. The Balaban J connectivity index is 1.49. The van der Waals surface area contributed by atoms with E-state index in [0.29, 0.717) is 16.1 Å². The number of nitrogens with one attached hydrogen (secondary N) is 2. The fourth-order valence-electron chi connectivity index (χ4n) is 4.69. The monoisotopic (exact) mass is 519 g/mol. The molecule has 2 aliphatic rings. The van der Waals surface area contributed by atoms with Gasteiger partial charge in [-0.15, -0.1) is 11.3 Å². The highest BCUT2D eigenvalue weighted by Crippen LogP contribution is 2.46. The summed E-state index contributed by atoms with van der Waals surface area (Å²) in [5.74, 6) is -0.802. The van der Waals surface area contributed by atoms with Crippen LogP contribution in [-0.4, -0.2) is 21.9 Å². The lowest BCUT2D eigenvalue weighted by Crippen LogP contribution is -2.35. The lowest BCUT2D eigenvalue weighted by Gasteiger charge is -2.33. The molecule has 0 unspecified atom stereocenters. The first-order valence-corrected chi connectivity index (χ1v) is 12.4. The normalized spacial score (nSPS) is 19.3. The Morgan fingerprint density at radius 2 is 2.00 bits per heavy atom. The van der Waals surface area contributed by atoms with E-state index in [4.69, 9.17) is 11.6 Å². The molecule has 1 amide bonds. The predicted octanol–water partition coefficient (Wildman–Crippen LogP) is 6.57. The van der Waals surface area contributed by atoms with Crippen LogP contribution >= 0.6 is 22.9 Å². The van der Waals surface area contributed by atoms with Gasteiger partial charge in [0.15, 0.2) is 11.7 Å². The van der Waals surface area contributed by atoms with Crippen LogP contribution in [0, 0.1) is 18.3 Å². The van der Waals surface area contributed by atoms with E-state index in [1.165, 1.54) is 11.3 Å². The van der Waals surface area contributed by atoms with Crippen LogP contribution in [0.25, 0.3) is 0 Å². The number of carbonyl (C=O) groups excluding carboxylic acids is 1. The number of carbonyl (C=O) groups is 1. The number of amides is 1. The zero-order valence-electron chi connectivity index (χ0n) is 18.7. The van der Waals surface area contributed by atoms with Gasteiger partial charge in [-0.05, 0) is 43.7 Å². The molecule has 3 heterocycles. The van der Waals surface area contributed by atoms with Crippen molar-refractivity contribution in [3.63, 3.8) is 0 Å². The van der Waals surface area contributed by atoms with Crippen LogP contribution in [-0.2, 0) is 12.8 Å². The Hall–Kier alpha value is -3.03. The van der Waals surface area contributed by atoms with Gasteiger partial charge in [0.25, 0.3) is 5.91 Å². The van der Waals surface area contributed by atoms with Gasteiger partial charge >= 0.3 is 6.18 Å². The van der Waals surface area contributed by atoms with Crippen molar-refractivity contribution in [3.8, 4) is 6.07 Å². The van der Waals surface area contributed by atoms with E-state index in [0.717, 1.165) is 46.4 Å². The summed E-state index contributed by atoms with van der Waals surface area (Å²) in [5.41, 5.74) is 2.70. The van der Waals surface area contributed by atoms with Gasteiger partial charge in [-0.25, -0.2) is 4.68 Å². The van der Waals surface area contributed by atoms with Crippen LogP contribution in [0.15, 0.2) is 24.3 Å². The molecule has 3 aromatic rings. The summed E-state index contributed by atoms with van der Waals surface area (Å²) in [6.45, 7) is 1.90. The van der Waals surface area contributed by atoms with Crippen molar-refractivity contribution >= 4 is 39.7 Å². The van der Waals surface area contributed by atoms with Gasteiger partial charge in [0.2, 0.25) is 0 Å². The van der Waals surface area contributed by atoms with Crippen LogP contribution in [0.3, 0.4) is 0 Å². The zero-order valence-corrected chi connectivity index (χ0v) is 20.2. The van der Waals surface area contributed by atoms with Gasteiger partial charge < -0.3 is 10.6 Å². The summed E-state index contributed by atoms with van der Waals surface area (Å²) in [4.78, 5) is 14.1. The largest absolute Gasteiger partial charge is 0.410 e. The van der Waals surface area contributed by atoms with Gasteiger partial charge in [0, 0.05) is 11.3 Å². The fourth-order valence-corrected chi connectivity index (χ4v) is 6.19. The van der Waals surface area contributed by atoms with Gasteiger partial charge in [-0.2, -0.15) is 23.5 Å². The Kier molecular flexibility index (Phi) is 6.01. The fraction of sp³-hybridized carbons (Fsp3) is 0.375. The molecule has 0 saturated heterocycles. The number of halogens is 4. The number of nitrogens with zero attached hydrogens (tertiary/aromatic N) is 3. The van der Waals surface area contributed by atoms with E-state index in [9.17, 15) is 23.2 Å². The quantitative estimate of drug-likeness (QED) is 0.410. The number of anilines is 2. The maximum Gasteiger partial charge on any atom is 0.410 e. The number of thiophene rings is 1. The number of nitriles is 1. The van der Waals surface area contributed by atoms with Crippen LogP contribution in [0.5, 0.6) is 0 Å². The molecule has 0 bridgehead atoms. The highest BCUT2D eigenvalue weighted by Gasteiger charge is 2.48. The summed E-state index contributed by atoms with van der Waals surface area (Å²) >= 11 is 7.76. The Labute approximate surface area is 208 Å². The molecule has 2 atom stereocenters. The summed E-state index contributed by atoms with van der Waals surface area (Å²) in [5, 5.41) is 19.5. The van der Waals surface area contributed by atoms with Crippen LogP contribution in [0.1, 0.15) is 69.0 Å². The highest BCUT2D eigenvalue weighted by atomic mass is 35.5. The first-order valence-electron chi connectivity index (χ1n) is 11.2. The van der Waals surface area contributed by atoms with Crippen molar-refractivity contribution in [2.24, 2.45) is 0 Å². The van der Waals surface area contributed by atoms with Crippen LogP contribution in [0.4, 0.5) is 24.0 Å². The standard InChI is InChI=1S/C24H21ClF3N5OS/c1-12-6-8-13(9-7-12)16-10-18(24(26,27)28)33-21(30-16)19(25)20(32-33)22(34)31-23-15(11-29)14-4-2-3-5-17(14)35-23/h6-9,16,18,30H,2-5,10H2,1H3,(H,31,34)/t16-,18+/m1/s1. The number of rotatable bonds is 3. The smallest absolute Gasteiger partial charge is 0.362 e. The average Bonchev–Trinajstić information content (AvgIpc) is 3.35. The van der Waals surface area contributed by atoms with E-state index in [-0.39, 0.29) is 23.0 Å². The average molecular weight is 520 g/mol. The molecule has 0 fully saturated rings. The number of aryl methyl sites for hydroxylation is 2. The minimum absolute atomic E-state index is 0.0538. The van der Waals surface area contributed by atoms with Crippen molar-refractivity contribution in [1.29, 1.82) is 5.26 Å². The van der Waals surface area contributed by atoms with Crippen molar-refractivity contribution in [2.45, 2.75) is 57.3 Å². The Bertz CT molecular complexity index is 1340. The topological polar surface area (TPSA) is 82.7 Å².